The van der Waals surface area contributed by atoms with E-state index in [0.717, 1.165) is 37.1 Å². The molecule has 0 bridgehead atoms. The van der Waals surface area contributed by atoms with Crippen LogP contribution >= 0.6 is 0 Å². The Kier molecular flexibility index (Phi) is 2.34. The van der Waals surface area contributed by atoms with Crippen LogP contribution in [-0.2, 0) is 16.8 Å². The standard InChI is InChI=1S/C17H17NO2/c1-20-14-6-5-12-7-9-18-16(19)10-13-4-2-3-8-17(13,18)15(12)11-14/h2,4-6,10-11H,3,7-9H2,1H3/t17-/m0/s1. The number of carbonyl (C=O) groups is 1. The number of carbonyl (C=O) groups excluding carboxylic acids is 1. The number of amides is 1. The number of rotatable bonds is 1. The van der Waals surface area contributed by atoms with Crippen molar-refractivity contribution in [1.29, 1.82) is 0 Å². The summed E-state index contributed by atoms with van der Waals surface area (Å²) in [6.07, 6.45) is 9.01. The van der Waals surface area contributed by atoms with E-state index in [1.54, 1.807) is 7.11 Å². The average molecular weight is 267 g/mol. The zero-order valence-corrected chi connectivity index (χ0v) is 11.6. The van der Waals surface area contributed by atoms with Crippen LogP contribution in [0.5, 0.6) is 5.75 Å². The Morgan fingerprint density at radius 2 is 2.25 bits per heavy atom. The van der Waals surface area contributed by atoms with Crippen molar-refractivity contribution >= 4 is 5.91 Å². The Balaban J connectivity index is 1.97. The lowest BCUT2D eigenvalue weighted by molar-refractivity contribution is -0.129. The SMILES string of the molecule is COc1ccc2c(c1)[C@]13CCC=CC1=CC(=O)N3CC2. The summed E-state index contributed by atoms with van der Waals surface area (Å²) >= 11 is 0. The quantitative estimate of drug-likeness (QED) is 0.782. The van der Waals surface area contributed by atoms with Crippen molar-refractivity contribution in [1.82, 2.24) is 4.90 Å². The lowest BCUT2D eigenvalue weighted by atomic mass is 9.72. The van der Waals surface area contributed by atoms with Crippen LogP contribution in [0.3, 0.4) is 0 Å². The van der Waals surface area contributed by atoms with Gasteiger partial charge in [0.2, 0.25) is 5.91 Å². The molecule has 2 heterocycles. The van der Waals surface area contributed by atoms with E-state index in [4.69, 9.17) is 4.74 Å². The van der Waals surface area contributed by atoms with Gasteiger partial charge in [0.25, 0.3) is 0 Å². The molecule has 0 unspecified atom stereocenters. The van der Waals surface area contributed by atoms with E-state index in [-0.39, 0.29) is 11.4 Å². The van der Waals surface area contributed by atoms with Gasteiger partial charge in [-0.1, -0.05) is 18.2 Å². The maximum absolute atomic E-state index is 12.3. The maximum Gasteiger partial charge on any atom is 0.247 e. The normalized spacial score (nSPS) is 26.8. The minimum Gasteiger partial charge on any atom is -0.497 e. The number of hydrogen-bond donors (Lipinski definition) is 0. The maximum atomic E-state index is 12.3. The fourth-order valence-electron chi connectivity index (χ4n) is 3.90. The van der Waals surface area contributed by atoms with Gasteiger partial charge in [-0.05, 0) is 48.1 Å². The number of hydrogen-bond acceptors (Lipinski definition) is 2. The number of allylic oxidation sites excluding steroid dienone is 1. The van der Waals surface area contributed by atoms with E-state index in [1.165, 1.54) is 11.1 Å². The molecule has 4 rings (SSSR count). The molecule has 1 atom stereocenters. The van der Waals surface area contributed by atoms with E-state index in [1.807, 2.05) is 17.0 Å². The summed E-state index contributed by atoms with van der Waals surface area (Å²) in [4.78, 5) is 14.4. The number of methoxy groups -OCH3 is 1. The monoisotopic (exact) mass is 267 g/mol. The highest BCUT2D eigenvalue weighted by atomic mass is 16.5. The molecule has 2 aliphatic heterocycles. The van der Waals surface area contributed by atoms with Crippen LogP contribution in [0.1, 0.15) is 24.0 Å². The van der Waals surface area contributed by atoms with Gasteiger partial charge in [-0.2, -0.15) is 0 Å². The molecule has 1 aromatic rings. The summed E-state index contributed by atoms with van der Waals surface area (Å²) in [5, 5.41) is 0. The largest absolute Gasteiger partial charge is 0.497 e. The van der Waals surface area contributed by atoms with Crippen LogP contribution in [0.4, 0.5) is 0 Å². The highest BCUT2D eigenvalue weighted by Gasteiger charge is 2.51. The summed E-state index contributed by atoms with van der Waals surface area (Å²) in [5.41, 5.74) is 3.50. The lowest BCUT2D eigenvalue weighted by Crippen LogP contribution is -2.50. The molecule has 0 fully saturated rings. The van der Waals surface area contributed by atoms with Gasteiger partial charge in [-0.25, -0.2) is 0 Å². The molecule has 0 saturated heterocycles. The van der Waals surface area contributed by atoms with Gasteiger partial charge in [-0.3, -0.25) is 4.79 Å². The van der Waals surface area contributed by atoms with Gasteiger partial charge in [0, 0.05) is 12.6 Å². The minimum absolute atomic E-state index is 0.153. The first-order valence-corrected chi connectivity index (χ1v) is 7.13. The molecule has 1 aliphatic carbocycles. The van der Waals surface area contributed by atoms with Gasteiger partial charge < -0.3 is 9.64 Å². The third kappa shape index (κ3) is 1.33. The number of benzene rings is 1. The molecule has 0 saturated carbocycles. The smallest absolute Gasteiger partial charge is 0.247 e. The Morgan fingerprint density at radius 1 is 1.35 bits per heavy atom. The first-order chi connectivity index (χ1) is 9.75. The zero-order valence-electron chi connectivity index (χ0n) is 11.6. The molecule has 1 amide bonds. The van der Waals surface area contributed by atoms with Crippen molar-refractivity contribution in [2.24, 2.45) is 0 Å². The summed E-state index contributed by atoms with van der Waals surface area (Å²) < 4.78 is 5.39. The Hall–Kier alpha value is -2.03. The van der Waals surface area contributed by atoms with Crippen LogP contribution in [0.25, 0.3) is 0 Å². The highest BCUT2D eigenvalue weighted by molar-refractivity contribution is 5.94. The van der Waals surface area contributed by atoms with E-state index in [0.29, 0.717) is 0 Å². The van der Waals surface area contributed by atoms with Crippen LogP contribution < -0.4 is 4.74 Å². The molecular formula is C17H17NO2. The molecule has 3 aliphatic rings. The summed E-state index contributed by atoms with van der Waals surface area (Å²) in [5.74, 6) is 1.02. The summed E-state index contributed by atoms with van der Waals surface area (Å²) in [6, 6.07) is 6.29. The Labute approximate surface area is 118 Å². The van der Waals surface area contributed by atoms with Crippen LogP contribution in [0.2, 0.25) is 0 Å². The second-order valence-corrected chi connectivity index (χ2v) is 5.66. The van der Waals surface area contributed by atoms with Crippen LogP contribution in [0, 0.1) is 0 Å². The van der Waals surface area contributed by atoms with Gasteiger partial charge in [0.1, 0.15) is 5.75 Å². The van der Waals surface area contributed by atoms with Gasteiger partial charge in [-0.15, -0.1) is 0 Å². The molecule has 1 aromatic carbocycles. The van der Waals surface area contributed by atoms with E-state index in [2.05, 4.69) is 24.3 Å². The molecule has 3 heteroatoms. The third-order valence-corrected chi connectivity index (χ3v) is 4.82. The molecule has 0 aromatic heterocycles. The highest BCUT2D eigenvalue weighted by Crippen LogP contribution is 2.51. The first kappa shape index (κ1) is 11.8. The van der Waals surface area contributed by atoms with E-state index >= 15 is 0 Å². The topological polar surface area (TPSA) is 29.5 Å². The lowest BCUT2D eigenvalue weighted by Gasteiger charge is -2.46. The number of ether oxygens (including phenoxy) is 1. The second-order valence-electron chi connectivity index (χ2n) is 5.66. The molecule has 0 N–H and O–H groups in total. The third-order valence-electron chi connectivity index (χ3n) is 4.82. The summed E-state index contributed by atoms with van der Waals surface area (Å²) in [7, 11) is 1.69. The molecule has 20 heavy (non-hydrogen) atoms. The molecule has 102 valence electrons. The van der Waals surface area contributed by atoms with Crippen LogP contribution in [0.15, 0.2) is 42.0 Å². The number of fused-ring (bicyclic) bond motifs is 1. The van der Waals surface area contributed by atoms with Crippen molar-refractivity contribution in [3.63, 3.8) is 0 Å². The Bertz CT molecular complexity index is 659. The predicted molar refractivity (Wildman–Crippen MR) is 76.5 cm³/mol. The minimum atomic E-state index is -0.242. The fraction of sp³-hybridized carbons (Fsp3) is 0.353. The van der Waals surface area contributed by atoms with Crippen molar-refractivity contribution in [3.05, 3.63) is 53.1 Å². The first-order valence-electron chi connectivity index (χ1n) is 7.13. The van der Waals surface area contributed by atoms with Crippen molar-refractivity contribution in [2.45, 2.75) is 24.8 Å². The predicted octanol–water partition coefficient (Wildman–Crippen LogP) is 2.57. The fourth-order valence-corrected chi connectivity index (χ4v) is 3.90. The van der Waals surface area contributed by atoms with Gasteiger partial charge in [0.15, 0.2) is 0 Å². The Morgan fingerprint density at radius 3 is 3.10 bits per heavy atom. The number of nitrogens with zero attached hydrogens (tertiary/aromatic N) is 1. The molecule has 3 nitrogen and oxygen atoms in total. The zero-order chi connectivity index (χ0) is 13.7. The second kappa shape index (κ2) is 3.98. The van der Waals surface area contributed by atoms with Crippen molar-refractivity contribution < 1.29 is 9.53 Å². The molecular weight excluding hydrogens is 250 g/mol. The molecule has 1 spiro atoms. The van der Waals surface area contributed by atoms with Gasteiger partial charge >= 0.3 is 0 Å². The summed E-state index contributed by atoms with van der Waals surface area (Å²) in [6.45, 7) is 0.812. The van der Waals surface area contributed by atoms with Crippen molar-refractivity contribution in [2.75, 3.05) is 13.7 Å². The van der Waals surface area contributed by atoms with E-state index < -0.39 is 0 Å². The van der Waals surface area contributed by atoms with E-state index in [9.17, 15) is 4.79 Å². The average Bonchev–Trinajstić information content (AvgIpc) is 2.79. The molecule has 0 radical (unpaired) electrons. The van der Waals surface area contributed by atoms with Crippen LogP contribution in [-0.4, -0.2) is 24.5 Å². The van der Waals surface area contributed by atoms with Gasteiger partial charge in [0.05, 0.1) is 12.6 Å². The van der Waals surface area contributed by atoms with Crippen molar-refractivity contribution in [3.8, 4) is 5.75 Å².